The maximum atomic E-state index is 12.4. The van der Waals surface area contributed by atoms with Crippen molar-refractivity contribution in [1.29, 1.82) is 0 Å². The first-order chi connectivity index (χ1) is 5.54. The van der Waals surface area contributed by atoms with Gasteiger partial charge in [-0.25, -0.2) is 8.78 Å². The number of aromatic nitrogens is 1. The van der Waals surface area contributed by atoms with E-state index < -0.39 is 6.43 Å². The predicted molar refractivity (Wildman–Crippen MR) is 54.3 cm³/mol. The molecule has 1 heterocycles. The van der Waals surface area contributed by atoms with Gasteiger partial charge in [0.25, 0.3) is 6.43 Å². The van der Waals surface area contributed by atoms with Gasteiger partial charge in [0, 0.05) is 19.8 Å². The van der Waals surface area contributed by atoms with E-state index in [0.29, 0.717) is 13.7 Å². The SMILES string of the molecule is Cc1ncc(I)c(C(F)F)c1Br. The Labute approximate surface area is 90.8 Å². The number of nitrogens with zero attached hydrogens (tertiary/aromatic N) is 1. The van der Waals surface area contributed by atoms with Crippen molar-refractivity contribution in [1.82, 2.24) is 4.98 Å². The lowest BCUT2D eigenvalue weighted by Crippen LogP contribution is -1.96. The highest BCUT2D eigenvalue weighted by Crippen LogP contribution is 2.32. The minimum atomic E-state index is -2.45. The molecular formula is C7H5BrF2IN. The zero-order chi connectivity index (χ0) is 9.30. The van der Waals surface area contributed by atoms with Crippen LogP contribution in [0.1, 0.15) is 17.7 Å². The summed E-state index contributed by atoms with van der Waals surface area (Å²) in [6.45, 7) is 1.69. The molecule has 0 bridgehead atoms. The number of alkyl halides is 2. The van der Waals surface area contributed by atoms with E-state index in [-0.39, 0.29) is 5.56 Å². The lowest BCUT2D eigenvalue weighted by molar-refractivity contribution is 0.149. The number of rotatable bonds is 1. The third-order valence-electron chi connectivity index (χ3n) is 1.40. The molecule has 0 aliphatic carbocycles. The summed E-state index contributed by atoms with van der Waals surface area (Å²) >= 11 is 4.93. The van der Waals surface area contributed by atoms with Crippen LogP contribution in [-0.2, 0) is 0 Å². The number of hydrogen-bond acceptors (Lipinski definition) is 1. The first-order valence-corrected chi connectivity index (χ1v) is 5.00. The molecule has 0 aromatic carbocycles. The van der Waals surface area contributed by atoms with E-state index in [1.165, 1.54) is 6.20 Å². The lowest BCUT2D eigenvalue weighted by atomic mass is 10.2. The molecule has 0 saturated carbocycles. The molecule has 0 amide bonds. The third kappa shape index (κ3) is 1.93. The Morgan fingerprint density at radius 1 is 1.58 bits per heavy atom. The number of halogens is 4. The molecule has 5 heteroatoms. The average Bonchev–Trinajstić information content (AvgIpc) is 1.97. The van der Waals surface area contributed by atoms with E-state index in [4.69, 9.17) is 0 Å². The van der Waals surface area contributed by atoms with E-state index in [2.05, 4.69) is 20.9 Å². The van der Waals surface area contributed by atoms with Gasteiger partial charge in [0.15, 0.2) is 0 Å². The van der Waals surface area contributed by atoms with Gasteiger partial charge in [-0.05, 0) is 45.4 Å². The van der Waals surface area contributed by atoms with Gasteiger partial charge in [0.2, 0.25) is 0 Å². The Morgan fingerprint density at radius 2 is 2.17 bits per heavy atom. The summed E-state index contributed by atoms with van der Waals surface area (Å²) in [5.74, 6) is 0. The standard InChI is InChI=1S/C7H5BrF2IN/c1-3-6(8)5(7(9)10)4(11)2-12-3/h2,7H,1H3. The van der Waals surface area contributed by atoms with Crippen molar-refractivity contribution < 1.29 is 8.78 Å². The van der Waals surface area contributed by atoms with Gasteiger partial charge in [0.1, 0.15) is 0 Å². The van der Waals surface area contributed by atoms with Crippen molar-refractivity contribution in [3.05, 3.63) is 25.5 Å². The fourth-order valence-electron chi connectivity index (χ4n) is 0.779. The topological polar surface area (TPSA) is 12.9 Å². The molecule has 0 aliphatic heterocycles. The molecule has 0 radical (unpaired) electrons. The monoisotopic (exact) mass is 347 g/mol. The van der Waals surface area contributed by atoms with Crippen LogP contribution in [0.25, 0.3) is 0 Å². The molecule has 0 aliphatic rings. The van der Waals surface area contributed by atoms with Gasteiger partial charge < -0.3 is 0 Å². The van der Waals surface area contributed by atoms with Gasteiger partial charge in [-0.2, -0.15) is 0 Å². The minimum absolute atomic E-state index is 0.0306. The summed E-state index contributed by atoms with van der Waals surface area (Å²) in [7, 11) is 0. The van der Waals surface area contributed by atoms with E-state index in [0.717, 1.165) is 0 Å². The van der Waals surface area contributed by atoms with E-state index in [1.54, 1.807) is 6.92 Å². The Morgan fingerprint density at radius 3 is 2.58 bits per heavy atom. The molecule has 0 spiro atoms. The second-order valence-electron chi connectivity index (χ2n) is 2.22. The van der Waals surface area contributed by atoms with Crippen LogP contribution in [0.5, 0.6) is 0 Å². The Kier molecular flexibility index (Phi) is 3.39. The molecule has 0 fully saturated rings. The zero-order valence-corrected chi connectivity index (χ0v) is 9.86. The quantitative estimate of drug-likeness (QED) is 0.706. The van der Waals surface area contributed by atoms with Crippen molar-refractivity contribution in [3.63, 3.8) is 0 Å². The van der Waals surface area contributed by atoms with Crippen LogP contribution in [0, 0.1) is 10.5 Å². The largest absolute Gasteiger partial charge is 0.266 e. The molecule has 66 valence electrons. The van der Waals surface area contributed by atoms with E-state index in [9.17, 15) is 8.78 Å². The Hall–Kier alpha value is 0.220. The predicted octanol–water partition coefficient (Wildman–Crippen LogP) is 3.69. The highest BCUT2D eigenvalue weighted by Gasteiger charge is 2.17. The molecule has 1 aromatic rings. The molecule has 0 unspecified atom stereocenters. The highest BCUT2D eigenvalue weighted by molar-refractivity contribution is 14.1. The maximum absolute atomic E-state index is 12.4. The summed E-state index contributed by atoms with van der Waals surface area (Å²) in [5, 5.41) is 0. The molecule has 1 nitrogen and oxygen atoms in total. The van der Waals surface area contributed by atoms with Crippen LogP contribution < -0.4 is 0 Å². The maximum Gasteiger partial charge on any atom is 0.266 e. The lowest BCUT2D eigenvalue weighted by Gasteiger charge is -2.07. The summed E-state index contributed by atoms with van der Waals surface area (Å²) < 4.78 is 25.7. The molecule has 1 aromatic heterocycles. The van der Waals surface area contributed by atoms with Crippen molar-refractivity contribution >= 4 is 38.5 Å². The normalized spacial score (nSPS) is 10.8. The van der Waals surface area contributed by atoms with Gasteiger partial charge >= 0.3 is 0 Å². The second kappa shape index (κ2) is 3.95. The van der Waals surface area contributed by atoms with Crippen LogP contribution >= 0.6 is 38.5 Å². The molecule has 0 N–H and O–H groups in total. The first kappa shape index (κ1) is 10.3. The van der Waals surface area contributed by atoms with Crippen molar-refractivity contribution in [3.8, 4) is 0 Å². The van der Waals surface area contributed by atoms with Crippen molar-refractivity contribution in [2.45, 2.75) is 13.3 Å². The Balaban J connectivity index is 3.33. The number of pyridine rings is 1. The van der Waals surface area contributed by atoms with Crippen LogP contribution in [0.2, 0.25) is 0 Å². The van der Waals surface area contributed by atoms with Crippen LogP contribution in [0.3, 0.4) is 0 Å². The summed E-state index contributed by atoms with van der Waals surface area (Å²) in [6, 6.07) is 0. The smallest absolute Gasteiger partial charge is 0.259 e. The summed E-state index contributed by atoms with van der Waals surface area (Å²) in [5.41, 5.74) is 0.619. The number of hydrogen-bond donors (Lipinski definition) is 0. The van der Waals surface area contributed by atoms with Gasteiger partial charge in [-0.15, -0.1) is 0 Å². The van der Waals surface area contributed by atoms with Gasteiger partial charge in [-0.3, -0.25) is 4.98 Å². The highest BCUT2D eigenvalue weighted by atomic mass is 127. The molecule has 0 atom stereocenters. The number of aryl methyl sites for hydroxylation is 1. The molecule has 12 heavy (non-hydrogen) atoms. The second-order valence-corrected chi connectivity index (χ2v) is 4.18. The first-order valence-electron chi connectivity index (χ1n) is 3.12. The fraction of sp³-hybridized carbons (Fsp3) is 0.286. The van der Waals surface area contributed by atoms with Crippen molar-refractivity contribution in [2.75, 3.05) is 0 Å². The third-order valence-corrected chi connectivity index (χ3v) is 3.26. The zero-order valence-electron chi connectivity index (χ0n) is 6.11. The fourth-order valence-corrected chi connectivity index (χ4v) is 2.28. The van der Waals surface area contributed by atoms with Crippen LogP contribution in [-0.4, -0.2) is 4.98 Å². The van der Waals surface area contributed by atoms with E-state index in [1.807, 2.05) is 22.6 Å². The summed E-state index contributed by atoms with van der Waals surface area (Å²) in [4.78, 5) is 3.93. The van der Waals surface area contributed by atoms with Gasteiger partial charge in [0.05, 0.1) is 5.69 Å². The van der Waals surface area contributed by atoms with Crippen molar-refractivity contribution in [2.24, 2.45) is 0 Å². The van der Waals surface area contributed by atoms with Crippen LogP contribution in [0.4, 0.5) is 8.78 Å². The summed E-state index contributed by atoms with van der Waals surface area (Å²) in [6.07, 6.45) is -1.00. The molecule has 0 saturated heterocycles. The van der Waals surface area contributed by atoms with Gasteiger partial charge in [-0.1, -0.05) is 0 Å². The molecular weight excluding hydrogens is 343 g/mol. The van der Waals surface area contributed by atoms with Crippen LogP contribution in [0.15, 0.2) is 10.7 Å². The molecule has 1 rings (SSSR count). The average molecular weight is 348 g/mol. The Bertz CT molecular complexity index is 304. The minimum Gasteiger partial charge on any atom is -0.259 e. The van der Waals surface area contributed by atoms with E-state index >= 15 is 0 Å².